The predicted molar refractivity (Wildman–Crippen MR) is 176 cm³/mol. The summed E-state index contributed by atoms with van der Waals surface area (Å²) in [6.45, 7) is 0.331. The largest absolute Gasteiger partial charge is 0.465 e. The van der Waals surface area contributed by atoms with E-state index in [1.165, 1.54) is 32.4 Å². The van der Waals surface area contributed by atoms with Gasteiger partial charge in [-0.1, -0.05) is 24.3 Å². The maximum absolute atomic E-state index is 15.1. The van der Waals surface area contributed by atoms with Gasteiger partial charge in [0.05, 0.1) is 7.11 Å². The molecule has 1 aliphatic rings. The van der Waals surface area contributed by atoms with E-state index in [9.17, 15) is 19.2 Å². The van der Waals surface area contributed by atoms with Crippen molar-refractivity contribution in [2.45, 2.75) is 38.1 Å². The minimum atomic E-state index is -1.08. The second-order valence-corrected chi connectivity index (χ2v) is 11.9. The molecule has 4 amide bonds. The van der Waals surface area contributed by atoms with E-state index in [2.05, 4.69) is 36.6 Å². The van der Waals surface area contributed by atoms with Crippen LogP contribution in [0.3, 0.4) is 0 Å². The maximum Gasteiger partial charge on any atom is 0.404 e. The summed E-state index contributed by atoms with van der Waals surface area (Å²) in [6, 6.07) is 16.8. The van der Waals surface area contributed by atoms with E-state index in [1.54, 1.807) is 48.5 Å². The highest BCUT2D eigenvalue weighted by Gasteiger charge is 2.30. The summed E-state index contributed by atoms with van der Waals surface area (Å²) in [5.41, 5.74) is 2.77. The fourth-order valence-corrected chi connectivity index (χ4v) is 5.83. The molecule has 1 aromatic heterocycles. The molecular formula is C34H37FN8O6. The van der Waals surface area contributed by atoms with Gasteiger partial charge in [-0.2, -0.15) is 0 Å². The number of aromatic nitrogens is 4. The third-order valence-corrected chi connectivity index (χ3v) is 8.61. The molecule has 0 aliphatic heterocycles. The quantitative estimate of drug-likeness (QED) is 0.138. The predicted octanol–water partition coefficient (Wildman–Crippen LogP) is 4.05. The van der Waals surface area contributed by atoms with Crippen LogP contribution < -0.4 is 16.0 Å². The van der Waals surface area contributed by atoms with Crippen molar-refractivity contribution in [3.63, 3.8) is 0 Å². The summed E-state index contributed by atoms with van der Waals surface area (Å²) < 4.78 is 15.1. The van der Waals surface area contributed by atoms with Gasteiger partial charge >= 0.3 is 6.09 Å². The van der Waals surface area contributed by atoms with Crippen LogP contribution in [0.2, 0.25) is 0 Å². The highest BCUT2D eigenvalue weighted by Crippen LogP contribution is 2.30. The van der Waals surface area contributed by atoms with Crippen LogP contribution >= 0.6 is 0 Å². The molecule has 0 saturated heterocycles. The number of anilines is 1. The summed E-state index contributed by atoms with van der Waals surface area (Å²) in [5, 5.41) is 31.9. The summed E-state index contributed by atoms with van der Waals surface area (Å²) in [5.74, 6) is -1.43. The van der Waals surface area contributed by atoms with E-state index in [0.29, 0.717) is 60.4 Å². The van der Waals surface area contributed by atoms with Gasteiger partial charge in [0.1, 0.15) is 11.9 Å². The number of hydrogen-bond acceptors (Lipinski definition) is 8. The molecule has 14 nitrogen and oxygen atoms in total. The molecule has 256 valence electrons. The number of tetrazole rings is 1. The Balaban J connectivity index is 1.34. The first-order valence-electron chi connectivity index (χ1n) is 15.7. The van der Waals surface area contributed by atoms with E-state index in [-0.39, 0.29) is 35.3 Å². The zero-order chi connectivity index (χ0) is 34.9. The molecule has 15 heteroatoms. The number of aromatic amines is 1. The number of amides is 4. The van der Waals surface area contributed by atoms with Crippen LogP contribution in [0.25, 0.3) is 22.5 Å². The van der Waals surface area contributed by atoms with E-state index in [4.69, 9.17) is 9.94 Å². The third-order valence-electron chi connectivity index (χ3n) is 8.61. The molecule has 0 spiro atoms. The summed E-state index contributed by atoms with van der Waals surface area (Å²) in [4.78, 5) is 55.7. The SMILES string of the molecule is CON(C)C(=O)c1ccc(F)c(-c2cccc(C[C@H](NC(=O)[C@H]3CC[C@H](CNC(=O)O)CC3)C(=O)Nc3ccc(-c4nnn[nH]4)cc3)c2)c1. The van der Waals surface area contributed by atoms with Crippen molar-refractivity contribution >= 4 is 29.5 Å². The van der Waals surface area contributed by atoms with E-state index in [0.717, 1.165) is 5.06 Å². The molecule has 49 heavy (non-hydrogen) atoms. The van der Waals surface area contributed by atoms with Crippen molar-refractivity contribution in [3.8, 4) is 22.5 Å². The van der Waals surface area contributed by atoms with Crippen LogP contribution in [0, 0.1) is 17.7 Å². The van der Waals surface area contributed by atoms with Crippen molar-refractivity contribution < 1.29 is 33.5 Å². The zero-order valence-corrected chi connectivity index (χ0v) is 27.0. The molecule has 0 radical (unpaired) electrons. The lowest BCUT2D eigenvalue weighted by Gasteiger charge is -2.29. The smallest absolute Gasteiger partial charge is 0.404 e. The van der Waals surface area contributed by atoms with Crippen LogP contribution in [0.1, 0.15) is 41.6 Å². The van der Waals surface area contributed by atoms with E-state index in [1.807, 2.05) is 0 Å². The fraction of sp³-hybridized carbons (Fsp3) is 0.324. The lowest BCUT2D eigenvalue weighted by atomic mass is 9.81. The Morgan fingerprint density at radius 2 is 1.78 bits per heavy atom. The average molecular weight is 673 g/mol. The Hall–Kier alpha value is -5.70. The van der Waals surface area contributed by atoms with Gasteiger partial charge in [0.25, 0.3) is 5.91 Å². The Bertz CT molecular complexity index is 1780. The number of nitrogens with zero attached hydrogens (tertiary/aromatic N) is 4. The number of nitrogens with one attached hydrogen (secondary N) is 4. The molecule has 1 heterocycles. The van der Waals surface area contributed by atoms with Crippen LogP contribution in [0.4, 0.5) is 14.9 Å². The molecule has 5 rings (SSSR count). The number of H-pyrrole nitrogens is 1. The first-order valence-corrected chi connectivity index (χ1v) is 15.7. The Morgan fingerprint density at radius 3 is 2.45 bits per heavy atom. The number of rotatable bonds is 12. The summed E-state index contributed by atoms with van der Waals surface area (Å²) >= 11 is 0. The van der Waals surface area contributed by atoms with Gasteiger partial charge in [0, 0.05) is 48.3 Å². The number of carbonyl (C=O) groups is 4. The number of carbonyl (C=O) groups excluding carboxylic acids is 3. The van der Waals surface area contributed by atoms with Gasteiger partial charge in [-0.05, 0) is 95.6 Å². The van der Waals surface area contributed by atoms with Crippen molar-refractivity contribution in [1.82, 2.24) is 36.3 Å². The number of hydrogen-bond donors (Lipinski definition) is 5. The van der Waals surface area contributed by atoms with E-state index < -0.39 is 29.8 Å². The molecule has 1 atom stereocenters. The minimum absolute atomic E-state index is 0.0950. The highest BCUT2D eigenvalue weighted by atomic mass is 19.1. The van der Waals surface area contributed by atoms with Crippen LogP contribution in [0.5, 0.6) is 0 Å². The molecule has 5 N–H and O–H groups in total. The third kappa shape index (κ3) is 9.01. The number of halogens is 1. The van der Waals surface area contributed by atoms with Gasteiger partial charge in [-0.3, -0.25) is 19.2 Å². The second-order valence-electron chi connectivity index (χ2n) is 11.9. The minimum Gasteiger partial charge on any atom is -0.465 e. The first kappa shape index (κ1) is 34.6. The van der Waals surface area contributed by atoms with Gasteiger partial charge < -0.3 is 21.1 Å². The van der Waals surface area contributed by atoms with Crippen LogP contribution in [0.15, 0.2) is 66.7 Å². The van der Waals surface area contributed by atoms with Crippen molar-refractivity contribution in [2.75, 3.05) is 26.0 Å². The van der Waals surface area contributed by atoms with Gasteiger partial charge in [0.2, 0.25) is 11.8 Å². The summed E-state index contributed by atoms with van der Waals surface area (Å²) in [6.07, 6.45) is 1.50. The second kappa shape index (κ2) is 15.9. The molecule has 1 fully saturated rings. The number of benzene rings is 3. The Morgan fingerprint density at radius 1 is 1.02 bits per heavy atom. The monoisotopic (exact) mass is 672 g/mol. The Labute approximate surface area is 281 Å². The lowest BCUT2D eigenvalue weighted by Crippen LogP contribution is -2.48. The normalized spacial score (nSPS) is 16.3. The van der Waals surface area contributed by atoms with Gasteiger partial charge in [0.15, 0.2) is 5.82 Å². The molecular weight excluding hydrogens is 635 g/mol. The molecule has 0 bridgehead atoms. The van der Waals surface area contributed by atoms with Crippen LogP contribution in [-0.4, -0.2) is 81.4 Å². The maximum atomic E-state index is 15.1. The molecule has 1 aliphatic carbocycles. The molecule has 3 aromatic carbocycles. The molecule has 1 saturated carbocycles. The number of carboxylic acid groups (broad SMARTS) is 1. The average Bonchev–Trinajstić information content (AvgIpc) is 3.66. The van der Waals surface area contributed by atoms with Gasteiger partial charge in [-0.25, -0.2) is 19.3 Å². The Kier molecular flexibility index (Phi) is 11.3. The molecule has 0 unspecified atom stereocenters. The standard InChI is InChI=1S/C34H37FN8O6/c1-43(49-2)33(46)25-12-15-28(35)27(18-25)24-5-3-4-21(16-24)17-29(38-31(44)23-8-6-20(7-9-23)19-36-34(47)48)32(45)37-26-13-10-22(11-14-26)30-39-41-42-40-30/h3-5,10-16,18,20,23,29,36H,6-9,17,19H2,1-2H3,(H,37,45)(H,38,44)(H,47,48)(H,39,40,41,42)/t20-,23-,29-/m0/s1. The van der Waals surface area contributed by atoms with Crippen LogP contribution in [-0.2, 0) is 20.8 Å². The topological polar surface area (TPSA) is 192 Å². The number of hydroxylamine groups is 2. The lowest BCUT2D eigenvalue weighted by molar-refractivity contribution is -0.130. The zero-order valence-electron chi connectivity index (χ0n) is 27.0. The highest BCUT2D eigenvalue weighted by molar-refractivity contribution is 5.98. The van der Waals surface area contributed by atoms with Crippen molar-refractivity contribution in [2.24, 2.45) is 11.8 Å². The van der Waals surface area contributed by atoms with E-state index >= 15 is 4.39 Å². The first-order chi connectivity index (χ1) is 23.6. The fourth-order valence-electron chi connectivity index (χ4n) is 5.83. The van der Waals surface area contributed by atoms with Gasteiger partial charge in [-0.15, -0.1) is 5.10 Å². The van der Waals surface area contributed by atoms with Crippen molar-refractivity contribution in [3.05, 3.63) is 83.7 Å². The summed E-state index contributed by atoms with van der Waals surface area (Å²) in [7, 11) is 2.81. The molecule has 4 aromatic rings. The van der Waals surface area contributed by atoms with Crippen molar-refractivity contribution in [1.29, 1.82) is 0 Å².